The van der Waals surface area contributed by atoms with Gasteiger partial charge in [-0.15, -0.1) is 11.8 Å². The van der Waals surface area contributed by atoms with Crippen molar-refractivity contribution < 1.29 is 22.1 Å². The normalized spacial score (nSPS) is 14.1. The number of nitrogens with zero attached hydrogens (tertiary/aromatic N) is 6. The first kappa shape index (κ1) is 41.5. The van der Waals surface area contributed by atoms with Crippen LogP contribution in [-0.4, -0.2) is 91.7 Å². The zero-order valence-electron chi connectivity index (χ0n) is 32.6. The number of thioether (sulfide) groups is 1. The Morgan fingerprint density at radius 1 is 0.881 bits per heavy atom. The minimum absolute atomic E-state index is 0.0502. The van der Waals surface area contributed by atoms with Crippen LogP contribution in [0, 0.1) is 21.7 Å². The lowest BCUT2D eigenvalue weighted by molar-refractivity contribution is -0.384. The van der Waals surface area contributed by atoms with Gasteiger partial charge in [0.2, 0.25) is 0 Å². The van der Waals surface area contributed by atoms with Crippen LogP contribution in [0.3, 0.4) is 0 Å². The highest BCUT2D eigenvalue weighted by atomic mass is 32.2. The van der Waals surface area contributed by atoms with Crippen molar-refractivity contribution in [2.45, 2.75) is 28.8 Å². The van der Waals surface area contributed by atoms with Crippen LogP contribution in [0.1, 0.15) is 12.0 Å². The molecule has 2 N–H and O–H groups in total. The number of aromatic nitrogens is 2. The Morgan fingerprint density at radius 2 is 1.64 bits per heavy atom. The zero-order valence-corrected chi connectivity index (χ0v) is 34.2. The summed E-state index contributed by atoms with van der Waals surface area (Å²) >= 11 is 1.64. The van der Waals surface area contributed by atoms with Crippen LogP contribution in [0.15, 0.2) is 125 Å². The molecule has 59 heavy (non-hydrogen) atoms. The van der Waals surface area contributed by atoms with Gasteiger partial charge in [-0.25, -0.2) is 27.2 Å². The van der Waals surface area contributed by atoms with Crippen LogP contribution in [0.4, 0.5) is 31.7 Å². The van der Waals surface area contributed by atoms with Crippen molar-refractivity contribution in [1.29, 1.82) is 0 Å². The van der Waals surface area contributed by atoms with Crippen LogP contribution >= 0.6 is 11.8 Å². The molecular weight excluding hydrogens is 795 g/mol. The van der Waals surface area contributed by atoms with E-state index in [0.29, 0.717) is 48.3 Å². The molecule has 0 amide bonds. The van der Waals surface area contributed by atoms with E-state index >= 15 is 0 Å². The highest BCUT2D eigenvalue weighted by Gasteiger charge is 2.25. The number of nitro benzene ring substituents is 1. The Kier molecular flexibility index (Phi) is 13.0. The van der Waals surface area contributed by atoms with Gasteiger partial charge in [-0.2, -0.15) is 0 Å². The van der Waals surface area contributed by atoms with Gasteiger partial charge in [0.25, 0.3) is 15.7 Å². The molecule has 1 aliphatic heterocycles. The maximum Gasteiger partial charge on any atom is 0.293 e. The Morgan fingerprint density at radius 3 is 2.39 bits per heavy atom. The fourth-order valence-corrected chi connectivity index (χ4v) is 9.08. The Balaban J connectivity index is 1.02. The van der Waals surface area contributed by atoms with Gasteiger partial charge >= 0.3 is 0 Å². The molecule has 1 unspecified atom stereocenters. The number of hydrogen-bond donors (Lipinski definition) is 2. The highest BCUT2D eigenvalue weighted by Crippen LogP contribution is 2.33. The van der Waals surface area contributed by atoms with E-state index in [1.54, 1.807) is 17.8 Å². The summed E-state index contributed by atoms with van der Waals surface area (Å²) in [5.41, 5.74) is 3.35. The zero-order chi connectivity index (χ0) is 41.5. The maximum absolute atomic E-state index is 14.7. The van der Waals surface area contributed by atoms with Crippen LogP contribution in [0.2, 0.25) is 0 Å². The second kappa shape index (κ2) is 18.5. The minimum Gasteiger partial charge on any atom is -0.376 e. The molecule has 5 aromatic carbocycles. The Bertz CT molecular complexity index is 2540. The van der Waals surface area contributed by atoms with Crippen molar-refractivity contribution in [3.63, 3.8) is 0 Å². The van der Waals surface area contributed by atoms with Gasteiger partial charge in [0.1, 0.15) is 23.6 Å². The number of nitrogens with one attached hydrogen (secondary N) is 2. The lowest BCUT2D eigenvalue weighted by atomic mass is 9.98. The number of benzene rings is 5. The number of piperazine rings is 1. The molecule has 0 radical (unpaired) electrons. The minimum atomic E-state index is -4.30. The summed E-state index contributed by atoms with van der Waals surface area (Å²) in [5, 5.41) is 16.1. The molecule has 1 atom stereocenters. The highest BCUT2D eigenvalue weighted by molar-refractivity contribution is 7.99. The monoisotopic (exact) mass is 838 g/mol. The van der Waals surface area contributed by atoms with Crippen LogP contribution in [0.5, 0.6) is 0 Å². The molecule has 1 saturated heterocycles. The fourth-order valence-electron chi connectivity index (χ4n) is 7.04. The SMILES string of the molecule is CN(C)CCC(CSc1ccccc1)Nc1ccc(S(=O)(=O)Nc2ncnc3cc(N4CCN(Cc5ccccc5-c5ccc(F)cc5F)CC4)ccc23)cc1[N+](=O)[O-]. The number of nitro groups is 1. The first-order valence-corrected chi connectivity index (χ1v) is 21.6. The number of rotatable bonds is 16. The molecule has 306 valence electrons. The summed E-state index contributed by atoms with van der Waals surface area (Å²) in [5.74, 6) is -0.518. The number of fused-ring (bicyclic) bond motifs is 1. The Hall–Kier alpha value is -5.68. The number of anilines is 3. The predicted octanol–water partition coefficient (Wildman–Crippen LogP) is 8.13. The standard InChI is InChI=1S/C43H44F2N8O4S2/c1-50(2)19-18-32(28-58-34-9-4-3-5-10-34)48-40-17-14-35(26-42(40)53(54)55)59(56,57)49-43-38-16-13-33(25-41(38)46-29-47-43)52-22-20-51(21-23-52)27-30-8-6-7-11-36(30)37-15-12-31(44)24-39(37)45/h3-17,24-26,29,32,48H,18-23,27-28H2,1-2H3,(H,46,47,49). The maximum atomic E-state index is 14.7. The molecule has 1 fully saturated rings. The summed E-state index contributed by atoms with van der Waals surface area (Å²) in [6.07, 6.45) is 1.99. The number of halogens is 2. The summed E-state index contributed by atoms with van der Waals surface area (Å²) in [6, 6.07) is 30.4. The van der Waals surface area contributed by atoms with E-state index in [2.05, 4.69) is 29.8 Å². The number of sulfonamides is 1. The average molecular weight is 839 g/mol. The summed E-state index contributed by atoms with van der Waals surface area (Å²) < 4.78 is 58.3. The van der Waals surface area contributed by atoms with E-state index in [-0.39, 0.29) is 28.1 Å². The van der Waals surface area contributed by atoms with Gasteiger partial charge in [0, 0.05) is 78.2 Å². The molecular formula is C43H44F2N8O4S2. The van der Waals surface area contributed by atoms with Crippen LogP contribution in [0.25, 0.3) is 22.0 Å². The van der Waals surface area contributed by atoms with E-state index in [1.807, 2.05) is 85.7 Å². The molecule has 1 aromatic heterocycles. The molecule has 0 spiro atoms. The lowest BCUT2D eigenvalue weighted by Crippen LogP contribution is -2.46. The third-order valence-corrected chi connectivity index (χ3v) is 12.7. The topological polar surface area (TPSA) is 137 Å². The molecule has 0 saturated carbocycles. The third kappa shape index (κ3) is 10.3. The molecule has 6 aromatic rings. The second-order valence-electron chi connectivity index (χ2n) is 14.6. The molecule has 2 heterocycles. The number of hydrogen-bond acceptors (Lipinski definition) is 11. The first-order valence-electron chi connectivity index (χ1n) is 19.1. The van der Waals surface area contributed by atoms with Crippen molar-refractivity contribution in [3.05, 3.63) is 143 Å². The molecule has 0 aliphatic carbocycles. The van der Waals surface area contributed by atoms with Gasteiger partial charge in [-0.05, 0) is 92.8 Å². The van der Waals surface area contributed by atoms with Crippen LogP contribution in [-0.2, 0) is 16.6 Å². The molecule has 7 rings (SSSR count). The van der Waals surface area contributed by atoms with Gasteiger partial charge < -0.3 is 15.1 Å². The lowest BCUT2D eigenvalue weighted by Gasteiger charge is -2.36. The molecule has 12 nitrogen and oxygen atoms in total. The van der Waals surface area contributed by atoms with Crippen molar-refractivity contribution in [2.75, 3.05) is 67.5 Å². The summed E-state index contributed by atoms with van der Waals surface area (Å²) in [6.45, 7) is 4.23. The van der Waals surface area contributed by atoms with Gasteiger partial charge in [-0.3, -0.25) is 19.7 Å². The average Bonchev–Trinajstić information content (AvgIpc) is 3.22. The van der Waals surface area contributed by atoms with Crippen molar-refractivity contribution >= 4 is 55.6 Å². The van der Waals surface area contributed by atoms with Gasteiger partial charge in [0.15, 0.2) is 5.82 Å². The van der Waals surface area contributed by atoms with Gasteiger partial charge in [-0.1, -0.05) is 42.5 Å². The van der Waals surface area contributed by atoms with Crippen molar-refractivity contribution in [2.24, 2.45) is 0 Å². The van der Waals surface area contributed by atoms with Crippen molar-refractivity contribution in [3.8, 4) is 11.1 Å². The molecule has 0 bridgehead atoms. The van der Waals surface area contributed by atoms with Crippen LogP contribution < -0.4 is 14.9 Å². The van der Waals surface area contributed by atoms with E-state index in [4.69, 9.17) is 0 Å². The van der Waals surface area contributed by atoms with E-state index < -0.39 is 26.6 Å². The largest absolute Gasteiger partial charge is 0.376 e. The summed E-state index contributed by atoms with van der Waals surface area (Å²) in [4.78, 5) is 27.7. The third-order valence-electron chi connectivity index (χ3n) is 10.2. The van der Waals surface area contributed by atoms with Crippen molar-refractivity contribution in [1.82, 2.24) is 19.8 Å². The molecule has 16 heteroatoms. The molecule has 1 aliphatic rings. The van der Waals surface area contributed by atoms with E-state index in [9.17, 15) is 27.3 Å². The quantitative estimate of drug-likeness (QED) is 0.0556. The smallest absolute Gasteiger partial charge is 0.293 e. The van der Waals surface area contributed by atoms with E-state index in [1.165, 1.54) is 30.6 Å². The van der Waals surface area contributed by atoms with Gasteiger partial charge in [0.05, 0.1) is 15.3 Å². The summed E-state index contributed by atoms with van der Waals surface area (Å²) in [7, 11) is -0.370. The predicted molar refractivity (Wildman–Crippen MR) is 230 cm³/mol. The first-order chi connectivity index (χ1) is 28.4. The fraction of sp³-hybridized carbons (Fsp3) is 0.256. The Labute approximate surface area is 346 Å². The van der Waals surface area contributed by atoms with E-state index in [0.717, 1.165) is 53.5 Å². The second-order valence-corrected chi connectivity index (χ2v) is 17.3.